The minimum absolute atomic E-state index is 0.0366. The molecule has 0 bridgehead atoms. The lowest BCUT2D eigenvalue weighted by molar-refractivity contribution is 0.479. The molecule has 2 nitrogen and oxygen atoms in total. The maximum absolute atomic E-state index is 13.7. The second-order valence-corrected chi connectivity index (χ2v) is 5.80. The Kier molecular flexibility index (Phi) is 3.12. The fraction of sp³-hybridized carbons (Fsp3) is 0.200. The Bertz CT molecular complexity index is 716. The molecule has 2 aromatic heterocycles. The zero-order valence-corrected chi connectivity index (χ0v) is 11.6. The maximum atomic E-state index is 13.7. The van der Waals surface area contributed by atoms with Crippen molar-refractivity contribution in [2.24, 2.45) is 0 Å². The smallest absolute Gasteiger partial charge is 0.169 e. The number of furan rings is 1. The lowest BCUT2D eigenvalue weighted by Crippen LogP contribution is -2.15. The number of fused-ring (bicyclic) bond motifs is 1. The third-order valence-electron chi connectivity index (χ3n) is 3.13. The summed E-state index contributed by atoms with van der Waals surface area (Å²) in [6.45, 7) is 2.07. The van der Waals surface area contributed by atoms with Crippen molar-refractivity contribution >= 4 is 22.3 Å². The summed E-state index contributed by atoms with van der Waals surface area (Å²) in [6.07, 6.45) is 0. The zero-order valence-electron chi connectivity index (χ0n) is 10.7. The van der Waals surface area contributed by atoms with Crippen molar-refractivity contribution < 1.29 is 8.81 Å². The molecule has 0 aliphatic carbocycles. The van der Waals surface area contributed by atoms with Gasteiger partial charge >= 0.3 is 0 Å². The molecule has 2 heterocycles. The van der Waals surface area contributed by atoms with Gasteiger partial charge in [0, 0.05) is 15.1 Å². The number of hydrogen-bond donors (Lipinski definition) is 1. The molecule has 1 unspecified atom stereocenters. The van der Waals surface area contributed by atoms with Crippen molar-refractivity contribution in [2.45, 2.75) is 13.0 Å². The first-order chi connectivity index (χ1) is 9.19. The van der Waals surface area contributed by atoms with Crippen LogP contribution in [0.15, 0.2) is 40.8 Å². The van der Waals surface area contributed by atoms with Crippen LogP contribution in [-0.4, -0.2) is 7.05 Å². The van der Waals surface area contributed by atoms with Gasteiger partial charge in [-0.05, 0) is 38.2 Å². The molecule has 0 radical (unpaired) electrons. The molecule has 3 aromatic rings. The molecule has 3 rings (SSSR count). The summed E-state index contributed by atoms with van der Waals surface area (Å²) >= 11 is 1.71. The van der Waals surface area contributed by atoms with Gasteiger partial charge in [-0.25, -0.2) is 4.39 Å². The van der Waals surface area contributed by atoms with Crippen LogP contribution in [0.4, 0.5) is 4.39 Å². The van der Waals surface area contributed by atoms with E-state index in [0.29, 0.717) is 5.58 Å². The van der Waals surface area contributed by atoms with Gasteiger partial charge in [-0.3, -0.25) is 0 Å². The summed E-state index contributed by atoms with van der Waals surface area (Å²) in [7, 11) is 1.88. The van der Waals surface area contributed by atoms with Gasteiger partial charge in [0.1, 0.15) is 11.8 Å². The summed E-state index contributed by atoms with van der Waals surface area (Å²) in [4.78, 5) is 2.41. The van der Waals surface area contributed by atoms with Crippen molar-refractivity contribution in [1.29, 1.82) is 0 Å². The molecule has 0 aliphatic rings. The van der Waals surface area contributed by atoms with Crippen LogP contribution in [0.2, 0.25) is 0 Å². The van der Waals surface area contributed by atoms with E-state index in [-0.39, 0.29) is 11.9 Å². The van der Waals surface area contributed by atoms with Crippen LogP contribution in [0.25, 0.3) is 11.0 Å². The minimum atomic E-state index is -0.319. The van der Waals surface area contributed by atoms with Gasteiger partial charge in [0.15, 0.2) is 11.4 Å². The Morgan fingerprint density at radius 1 is 1.26 bits per heavy atom. The second-order valence-electron chi connectivity index (χ2n) is 4.48. The first kappa shape index (κ1) is 12.4. The van der Waals surface area contributed by atoms with Crippen molar-refractivity contribution in [1.82, 2.24) is 5.32 Å². The van der Waals surface area contributed by atoms with Crippen LogP contribution in [-0.2, 0) is 0 Å². The third kappa shape index (κ3) is 2.17. The Morgan fingerprint density at radius 2 is 2.11 bits per heavy atom. The summed E-state index contributed by atoms with van der Waals surface area (Å²) in [5.41, 5.74) is 0.325. The molecule has 0 aliphatic heterocycles. The van der Waals surface area contributed by atoms with Crippen molar-refractivity contribution in [2.75, 3.05) is 7.05 Å². The number of nitrogens with one attached hydrogen (secondary N) is 1. The lowest BCUT2D eigenvalue weighted by Gasteiger charge is -2.10. The highest BCUT2D eigenvalue weighted by Crippen LogP contribution is 2.32. The highest BCUT2D eigenvalue weighted by atomic mass is 32.1. The zero-order chi connectivity index (χ0) is 13.4. The lowest BCUT2D eigenvalue weighted by atomic mass is 10.1. The molecule has 0 fully saturated rings. The van der Waals surface area contributed by atoms with Gasteiger partial charge in [-0.1, -0.05) is 12.1 Å². The predicted molar refractivity (Wildman–Crippen MR) is 76.1 cm³/mol. The average Bonchev–Trinajstić information content (AvgIpc) is 2.98. The molecular weight excluding hydrogens is 261 g/mol. The summed E-state index contributed by atoms with van der Waals surface area (Å²) in [6, 6.07) is 11.0. The molecule has 4 heteroatoms. The molecule has 0 spiro atoms. The van der Waals surface area contributed by atoms with E-state index >= 15 is 0 Å². The molecule has 0 amide bonds. The van der Waals surface area contributed by atoms with Crippen LogP contribution >= 0.6 is 11.3 Å². The van der Waals surface area contributed by atoms with Crippen LogP contribution < -0.4 is 5.32 Å². The molecule has 1 aromatic carbocycles. The topological polar surface area (TPSA) is 25.2 Å². The number of halogens is 1. The Labute approximate surface area is 114 Å². The van der Waals surface area contributed by atoms with E-state index in [2.05, 4.69) is 24.4 Å². The second kappa shape index (κ2) is 4.79. The van der Waals surface area contributed by atoms with E-state index in [4.69, 9.17) is 4.42 Å². The predicted octanol–water partition coefficient (Wildman–Crippen LogP) is 4.25. The highest BCUT2D eigenvalue weighted by Gasteiger charge is 2.19. The number of thiophene rings is 1. The van der Waals surface area contributed by atoms with Gasteiger partial charge in [0.2, 0.25) is 0 Å². The fourth-order valence-electron chi connectivity index (χ4n) is 2.22. The molecule has 0 saturated heterocycles. The molecule has 19 heavy (non-hydrogen) atoms. The first-order valence-electron chi connectivity index (χ1n) is 6.10. The maximum Gasteiger partial charge on any atom is 0.169 e. The monoisotopic (exact) mass is 275 g/mol. The number of para-hydroxylation sites is 1. The van der Waals surface area contributed by atoms with E-state index in [9.17, 15) is 4.39 Å². The van der Waals surface area contributed by atoms with Crippen LogP contribution in [0.3, 0.4) is 0 Å². The number of aryl methyl sites for hydroxylation is 1. The number of rotatable bonds is 3. The Balaban J connectivity index is 2.09. The Hall–Kier alpha value is -1.65. The van der Waals surface area contributed by atoms with E-state index in [1.165, 1.54) is 15.8 Å². The largest absolute Gasteiger partial charge is 0.456 e. The van der Waals surface area contributed by atoms with Gasteiger partial charge in [0.25, 0.3) is 0 Å². The van der Waals surface area contributed by atoms with E-state index in [1.54, 1.807) is 17.4 Å². The average molecular weight is 275 g/mol. The van der Waals surface area contributed by atoms with E-state index < -0.39 is 0 Å². The summed E-state index contributed by atoms with van der Waals surface area (Å²) < 4.78 is 19.3. The summed E-state index contributed by atoms with van der Waals surface area (Å²) in [5, 5.41) is 4.02. The number of hydrogen-bond acceptors (Lipinski definition) is 3. The first-order valence-corrected chi connectivity index (χ1v) is 6.92. The quantitative estimate of drug-likeness (QED) is 0.773. The van der Waals surface area contributed by atoms with Crippen LogP contribution in [0, 0.1) is 12.7 Å². The molecule has 1 N–H and O–H groups in total. The normalized spacial score (nSPS) is 13.0. The third-order valence-corrected chi connectivity index (χ3v) is 4.20. The number of benzene rings is 1. The van der Waals surface area contributed by atoms with Crippen LogP contribution in [0.1, 0.15) is 21.6 Å². The van der Waals surface area contributed by atoms with Crippen molar-refractivity contribution in [3.63, 3.8) is 0 Å². The molecule has 1 atom stereocenters. The molecule has 98 valence electrons. The summed E-state index contributed by atoms with van der Waals surface area (Å²) in [5.74, 6) is 0.422. The molecule has 0 saturated carbocycles. The highest BCUT2D eigenvalue weighted by molar-refractivity contribution is 7.12. The van der Waals surface area contributed by atoms with Gasteiger partial charge in [-0.2, -0.15) is 0 Å². The van der Waals surface area contributed by atoms with Gasteiger partial charge in [-0.15, -0.1) is 11.3 Å². The van der Waals surface area contributed by atoms with E-state index in [0.717, 1.165) is 11.1 Å². The van der Waals surface area contributed by atoms with Crippen molar-refractivity contribution in [3.8, 4) is 0 Å². The van der Waals surface area contributed by atoms with Crippen molar-refractivity contribution in [3.05, 3.63) is 57.7 Å². The SMILES string of the molecule is CNC(c1cc2cccc(F)c2o1)c1ccc(C)s1. The minimum Gasteiger partial charge on any atom is -0.456 e. The van der Waals surface area contributed by atoms with Crippen LogP contribution in [0.5, 0.6) is 0 Å². The molecular formula is C15H14FNOS. The standard InChI is InChI=1S/C15H14FNOS/c1-9-6-7-13(19-9)14(17-2)12-8-10-4-3-5-11(16)15(10)18-12/h3-8,14,17H,1-2H3. The van der Waals surface area contributed by atoms with E-state index in [1.807, 2.05) is 19.2 Å². The fourth-order valence-corrected chi connectivity index (χ4v) is 3.22. The Morgan fingerprint density at radius 3 is 2.74 bits per heavy atom. The van der Waals surface area contributed by atoms with Gasteiger partial charge in [0.05, 0.1) is 0 Å². The van der Waals surface area contributed by atoms with Gasteiger partial charge < -0.3 is 9.73 Å².